The monoisotopic (exact) mass is 245 g/mol. The second-order valence-electron chi connectivity index (χ2n) is 5.20. The maximum atomic E-state index is 3.61. The van der Waals surface area contributed by atoms with E-state index >= 15 is 0 Å². The van der Waals surface area contributed by atoms with Crippen molar-refractivity contribution in [2.24, 2.45) is 11.8 Å². The topological polar surface area (TPSA) is 12.0 Å². The van der Waals surface area contributed by atoms with Gasteiger partial charge in [0.2, 0.25) is 0 Å². The molecular formula is C15H19NS. The molecule has 1 aliphatic rings. The van der Waals surface area contributed by atoms with Crippen molar-refractivity contribution in [3.8, 4) is 0 Å². The lowest BCUT2D eigenvalue weighted by Gasteiger charge is -2.10. The van der Waals surface area contributed by atoms with Crippen LogP contribution in [-0.4, -0.2) is 6.54 Å². The fourth-order valence-corrected chi connectivity index (χ4v) is 3.40. The van der Waals surface area contributed by atoms with Crippen molar-refractivity contribution in [3.63, 3.8) is 0 Å². The molecule has 1 aliphatic carbocycles. The summed E-state index contributed by atoms with van der Waals surface area (Å²) in [5, 5.41) is 7.32. The van der Waals surface area contributed by atoms with Crippen LogP contribution in [0, 0.1) is 11.8 Å². The summed E-state index contributed by atoms with van der Waals surface area (Å²) >= 11 is 1.85. The first kappa shape index (κ1) is 11.2. The van der Waals surface area contributed by atoms with Crippen LogP contribution in [0.25, 0.3) is 10.1 Å². The molecule has 90 valence electrons. The largest absolute Gasteiger partial charge is 0.312 e. The first-order valence-corrected chi connectivity index (χ1v) is 7.38. The van der Waals surface area contributed by atoms with Crippen LogP contribution in [0.15, 0.2) is 29.6 Å². The Bertz CT molecular complexity index is 498. The average Bonchev–Trinajstić information content (AvgIpc) is 3.12. The highest BCUT2D eigenvalue weighted by Crippen LogP contribution is 2.36. The maximum absolute atomic E-state index is 3.61. The summed E-state index contributed by atoms with van der Waals surface area (Å²) in [6, 6.07) is 8.68. The number of thiophene rings is 1. The first-order chi connectivity index (χ1) is 8.34. The van der Waals surface area contributed by atoms with Gasteiger partial charge in [0.05, 0.1) is 0 Å². The molecule has 1 saturated carbocycles. The molecule has 17 heavy (non-hydrogen) atoms. The van der Waals surface area contributed by atoms with Crippen molar-refractivity contribution in [2.75, 3.05) is 6.54 Å². The van der Waals surface area contributed by atoms with Gasteiger partial charge in [0.1, 0.15) is 0 Å². The van der Waals surface area contributed by atoms with E-state index in [0.717, 1.165) is 24.9 Å². The highest BCUT2D eigenvalue weighted by Gasteiger charge is 2.27. The first-order valence-electron chi connectivity index (χ1n) is 6.50. The van der Waals surface area contributed by atoms with E-state index in [4.69, 9.17) is 0 Å². The summed E-state index contributed by atoms with van der Waals surface area (Å²) in [5.74, 6) is 1.85. The number of rotatable bonds is 5. The molecule has 2 aromatic rings. The van der Waals surface area contributed by atoms with Gasteiger partial charge in [-0.25, -0.2) is 0 Å². The predicted molar refractivity (Wildman–Crippen MR) is 75.4 cm³/mol. The highest BCUT2D eigenvalue weighted by molar-refractivity contribution is 7.17. The highest BCUT2D eigenvalue weighted by atomic mass is 32.1. The normalized spacial score (nSPS) is 17.5. The van der Waals surface area contributed by atoms with Crippen molar-refractivity contribution in [1.82, 2.24) is 5.32 Å². The molecule has 0 bridgehead atoms. The fourth-order valence-electron chi connectivity index (χ4n) is 2.44. The lowest BCUT2D eigenvalue weighted by Crippen LogP contribution is -2.21. The fraction of sp³-hybridized carbons (Fsp3) is 0.467. The summed E-state index contributed by atoms with van der Waals surface area (Å²) in [6.45, 7) is 4.55. The molecular weight excluding hydrogens is 226 g/mol. The van der Waals surface area contributed by atoms with Gasteiger partial charge in [-0.15, -0.1) is 11.3 Å². The van der Waals surface area contributed by atoms with Crippen molar-refractivity contribution in [2.45, 2.75) is 26.3 Å². The number of fused-ring (bicyclic) bond motifs is 1. The number of benzene rings is 1. The second kappa shape index (κ2) is 4.79. The van der Waals surface area contributed by atoms with Crippen LogP contribution in [-0.2, 0) is 6.54 Å². The third kappa shape index (κ3) is 2.53. The third-order valence-corrected chi connectivity index (χ3v) is 4.78. The van der Waals surface area contributed by atoms with Gasteiger partial charge in [-0.3, -0.25) is 0 Å². The Morgan fingerprint density at radius 2 is 2.18 bits per heavy atom. The Hall–Kier alpha value is -0.860. The molecule has 1 aromatic carbocycles. The van der Waals surface area contributed by atoms with Crippen molar-refractivity contribution in [3.05, 3.63) is 35.2 Å². The van der Waals surface area contributed by atoms with Gasteiger partial charge in [0, 0.05) is 11.2 Å². The van der Waals surface area contributed by atoms with Gasteiger partial charge < -0.3 is 5.32 Å². The Balaban J connectivity index is 1.60. The third-order valence-electron chi connectivity index (χ3n) is 3.77. The van der Waals surface area contributed by atoms with Gasteiger partial charge in [-0.2, -0.15) is 0 Å². The van der Waals surface area contributed by atoms with Gasteiger partial charge in [0.15, 0.2) is 0 Å². The molecule has 0 spiro atoms. The van der Waals surface area contributed by atoms with E-state index in [2.05, 4.69) is 41.9 Å². The lowest BCUT2D eigenvalue weighted by molar-refractivity contribution is 0.462. The zero-order valence-corrected chi connectivity index (χ0v) is 11.1. The predicted octanol–water partition coefficient (Wildman–Crippen LogP) is 4.04. The number of hydrogen-bond acceptors (Lipinski definition) is 2. The number of hydrogen-bond donors (Lipinski definition) is 1. The SMILES string of the molecule is CC(CNCc1csc2ccccc12)C1CC1. The molecule has 1 fully saturated rings. The van der Waals surface area contributed by atoms with Crippen LogP contribution in [0.4, 0.5) is 0 Å². The average molecular weight is 245 g/mol. The quantitative estimate of drug-likeness (QED) is 0.838. The number of nitrogens with one attached hydrogen (secondary N) is 1. The molecule has 0 aliphatic heterocycles. The molecule has 1 unspecified atom stereocenters. The molecule has 2 heteroatoms. The van der Waals surface area contributed by atoms with Crippen molar-refractivity contribution >= 4 is 21.4 Å². The standard InChI is InChI=1S/C15H19NS/c1-11(12-6-7-12)8-16-9-13-10-17-15-5-3-2-4-14(13)15/h2-5,10-12,16H,6-9H2,1H3. The molecule has 1 nitrogen and oxygen atoms in total. The smallest absolute Gasteiger partial charge is 0.0346 e. The molecule has 0 amide bonds. The van der Waals surface area contributed by atoms with Crippen LogP contribution >= 0.6 is 11.3 Å². The van der Waals surface area contributed by atoms with E-state index in [1.54, 1.807) is 0 Å². The van der Waals surface area contributed by atoms with Crippen molar-refractivity contribution < 1.29 is 0 Å². The Labute approximate surface area is 107 Å². The van der Waals surface area contributed by atoms with E-state index in [9.17, 15) is 0 Å². The zero-order valence-electron chi connectivity index (χ0n) is 10.3. The summed E-state index contributed by atoms with van der Waals surface area (Å²) in [7, 11) is 0. The molecule has 0 radical (unpaired) electrons. The lowest BCUT2D eigenvalue weighted by atomic mass is 10.1. The molecule has 0 saturated heterocycles. The summed E-state index contributed by atoms with van der Waals surface area (Å²) < 4.78 is 1.40. The van der Waals surface area contributed by atoms with Gasteiger partial charge in [-0.05, 0) is 53.6 Å². The summed E-state index contributed by atoms with van der Waals surface area (Å²) in [4.78, 5) is 0. The van der Waals surface area contributed by atoms with E-state index in [1.165, 1.54) is 28.5 Å². The van der Waals surface area contributed by atoms with Crippen LogP contribution in [0.5, 0.6) is 0 Å². The van der Waals surface area contributed by atoms with Gasteiger partial charge in [0.25, 0.3) is 0 Å². The van der Waals surface area contributed by atoms with Gasteiger partial charge in [-0.1, -0.05) is 25.1 Å². The summed E-state index contributed by atoms with van der Waals surface area (Å²) in [5.41, 5.74) is 1.45. The Morgan fingerprint density at radius 1 is 1.35 bits per heavy atom. The molecule has 3 rings (SSSR count). The van der Waals surface area contributed by atoms with Crippen molar-refractivity contribution in [1.29, 1.82) is 0 Å². The van der Waals surface area contributed by atoms with E-state index in [-0.39, 0.29) is 0 Å². The van der Waals surface area contributed by atoms with E-state index in [1.807, 2.05) is 11.3 Å². The zero-order chi connectivity index (χ0) is 11.7. The van der Waals surface area contributed by atoms with E-state index < -0.39 is 0 Å². The maximum Gasteiger partial charge on any atom is 0.0346 e. The molecule has 1 aromatic heterocycles. The molecule has 1 heterocycles. The van der Waals surface area contributed by atoms with Crippen LogP contribution in [0.2, 0.25) is 0 Å². The minimum absolute atomic E-state index is 0.847. The van der Waals surface area contributed by atoms with E-state index in [0.29, 0.717) is 0 Å². The Morgan fingerprint density at radius 3 is 3.00 bits per heavy atom. The molecule has 1 atom stereocenters. The Kier molecular flexibility index (Phi) is 3.17. The second-order valence-corrected chi connectivity index (χ2v) is 6.11. The minimum Gasteiger partial charge on any atom is -0.312 e. The van der Waals surface area contributed by atoms with Crippen LogP contribution in [0.3, 0.4) is 0 Å². The van der Waals surface area contributed by atoms with Gasteiger partial charge >= 0.3 is 0 Å². The van der Waals surface area contributed by atoms with Crippen LogP contribution < -0.4 is 5.32 Å². The minimum atomic E-state index is 0.847. The summed E-state index contributed by atoms with van der Waals surface area (Å²) in [6.07, 6.45) is 2.90. The molecule has 1 N–H and O–H groups in total. The van der Waals surface area contributed by atoms with Crippen LogP contribution in [0.1, 0.15) is 25.3 Å².